The first-order chi connectivity index (χ1) is 7.63. The largest absolute Gasteiger partial charge is 0.360 e. The molecule has 0 saturated heterocycles. The highest BCUT2D eigenvalue weighted by Gasteiger charge is 2.18. The third kappa shape index (κ3) is 4.69. The van der Waals surface area contributed by atoms with Gasteiger partial charge in [-0.25, -0.2) is 0 Å². The van der Waals surface area contributed by atoms with E-state index in [9.17, 15) is 0 Å². The van der Waals surface area contributed by atoms with Gasteiger partial charge in [0.1, 0.15) is 0 Å². The van der Waals surface area contributed by atoms with Crippen molar-refractivity contribution in [1.82, 2.24) is 10.2 Å². The number of hydrogen-bond acceptors (Lipinski definition) is 1. The van der Waals surface area contributed by atoms with E-state index in [1.165, 1.54) is 32.1 Å². The van der Waals surface area contributed by atoms with Crippen LogP contribution in [-0.2, 0) is 0 Å². The van der Waals surface area contributed by atoms with E-state index in [1.807, 2.05) is 0 Å². The van der Waals surface area contributed by atoms with E-state index in [0.717, 1.165) is 24.1 Å². The molecule has 0 bridgehead atoms. The molecule has 1 fully saturated rings. The van der Waals surface area contributed by atoms with Crippen LogP contribution in [0.1, 0.15) is 52.9 Å². The summed E-state index contributed by atoms with van der Waals surface area (Å²) in [6.07, 6.45) is 7.03. The van der Waals surface area contributed by atoms with Gasteiger partial charge >= 0.3 is 0 Å². The molecule has 0 unspecified atom stereocenters. The molecule has 0 heterocycles. The van der Waals surface area contributed by atoms with Gasteiger partial charge in [-0.3, -0.25) is 0 Å². The first-order valence-electron chi connectivity index (χ1n) is 6.69. The van der Waals surface area contributed by atoms with Crippen molar-refractivity contribution in [1.29, 1.82) is 0 Å². The highest BCUT2D eigenvalue weighted by molar-refractivity contribution is 7.80. The summed E-state index contributed by atoms with van der Waals surface area (Å²) >= 11 is 5.43. The summed E-state index contributed by atoms with van der Waals surface area (Å²) in [5, 5.41) is 4.27. The molecule has 0 spiro atoms. The molecule has 16 heavy (non-hydrogen) atoms. The van der Waals surface area contributed by atoms with Crippen LogP contribution in [0.2, 0.25) is 0 Å². The number of rotatable bonds is 4. The van der Waals surface area contributed by atoms with Crippen LogP contribution in [-0.4, -0.2) is 29.1 Å². The van der Waals surface area contributed by atoms with Gasteiger partial charge in [-0.2, -0.15) is 0 Å². The van der Waals surface area contributed by atoms with Crippen LogP contribution in [0, 0.1) is 5.92 Å². The van der Waals surface area contributed by atoms with E-state index in [-0.39, 0.29) is 0 Å². The first kappa shape index (κ1) is 13.8. The van der Waals surface area contributed by atoms with E-state index >= 15 is 0 Å². The second-order valence-corrected chi connectivity index (χ2v) is 5.53. The van der Waals surface area contributed by atoms with Gasteiger partial charge in [0.2, 0.25) is 0 Å². The molecule has 0 aromatic heterocycles. The predicted molar refractivity (Wildman–Crippen MR) is 74.7 cm³/mol. The molecule has 1 rings (SSSR count). The second kappa shape index (κ2) is 7.10. The average Bonchev–Trinajstić information content (AvgIpc) is 2.26. The first-order valence-corrected chi connectivity index (χ1v) is 7.09. The van der Waals surface area contributed by atoms with Crippen LogP contribution in [0.3, 0.4) is 0 Å². The van der Waals surface area contributed by atoms with Gasteiger partial charge in [-0.1, -0.05) is 19.3 Å². The van der Waals surface area contributed by atoms with Crippen molar-refractivity contribution in [3.05, 3.63) is 0 Å². The average molecular weight is 242 g/mol. The van der Waals surface area contributed by atoms with Crippen molar-refractivity contribution < 1.29 is 0 Å². The minimum atomic E-state index is 0.438. The van der Waals surface area contributed by atoms with Crippen LogP contribution < -0.4 is 5.32 Å². The number of hydrogen-bond donors (Lipinski definition) is 1. The van der Waals surface area contributed by atoms with E-state index in [0.29, 0.717) is 6.04 Å². The molecule has 0 atom stereocenters. The Balaban J connectivity index is 2.37. The van der Waals surface area contributed by atoms with Gasteiger partial charge in [0.05, 0.1) is 0 Å². The summed E-state index contributed by atoms with van der Waals surface area (Å²) in [6.45, 7) is 8.64. The van der Waals surface area contributed by atoms with Crippen LogP contribution in [0.4, 0.5) is 0 Å². The zero-order chi connectivity index (χ0) is 12.0. The fourth-order valence-electron chi connectivity index (χ4n) is 2.38. The molecular formula is C13H26N2S. The highest BCUT2D eigenvalue weighted by Crippen LogP contribution is 2.24. The van der Waals surface area contributed by atoms with Gasteiger partial charge < -0.3 is 10.2 Å². The summed E-state index contributed by atoms with van der Waals surface area (Å²) in [5.41, 5.74) is 0. The molecule has 3 heteroatoms. The molecule has 1 aliphatic rings. The molecule has 0 aromatic carbocycles. The Bertz CT molecular complexity index is 210. The molecule has 1 N–H and O–H groups in total. The Morgan fingerprint density at radius 1 is 1.31 bits per heavy atom. The quantitative estimate of drug-likeness (QED) is 0.762. The Hall–Kier alpha value is -0.310. The van der Waals surface area contributed by atoms with Crippen LogP contribution in [0.5, 0.6) is 0 Å². The van der Waals surface area contributed by atoms with E-state index < -0.39 is 0 Å². The van der Waals surface area contributed by atoms with Gasteiger partial charge in [0, 0.05) is 19.1 Å². The third-order valence-electron chi connectivity index (χ3n) is 3.28. The van der Waals surface area contributed by atoms with E-state index in [1.54, 1.807) is 0 Å². The molecule has 0 radical (unpaired) electrons. The van der Waals surface area contributed by atoms with Crippen molar-refractivity contribution >= 4 is 17.3 Å². The zero-order valence-corrected chi connectivity index (χ0v) is 11.8. The smallest absolute Gasteiger partial charge is 0.169 e. The third-order valence-corrected chi connectivity index (χ3v) is 3.66. The fourth-order valence-corrected chi connectivity index (χ4v) is 2.81. The zero-order valence-electron chi connectivity index (χ0n) is 11.0. The lowest BCUT2D eigenvalue weighted by Gasteiger charge is -2.31. The standard InChI is InChI=1S/C13H26N2S/c1-4-15(13(16)14-11(2)3)10-12-8-6-5-7-9-12/h11-12H,4-10H2,1-3H3,(H,14,16). The maximum absolute atomic E-state index is 5.43. The van der Waals surface area contributed by atoms with Gasteiger partial charge in [0.25, 0.3) is 0 Å². The Labute approximate surface area is 106 Å². The normalized spacial score (nSPS) is 17.5. The summed E-state index contributed by atoms with van der Waals surface area (Å²) < 4.78 is 0. The van der Waals surface area contributed by atoms with Crippen molar-refractivity contribution in [3.63, 3.8) is 0 Å². The van der Waals surface area contributed by atoms with Crippen molar-refractivity contribution in [2.75, 3.05) is 13.1 Å². The van der Waals surface area contributed by atoms with Crippen LogP contribution >= 0.6 is 12.2 Å². The highest BCUT2D eigenvalue weighted by atomic mass is 32.1. The monoisotopic (exact) mass is 242 g/mol. The second-order valence-electron chi connectivity index (χ2n) is 5.15. The van der Waals surface area contributed by atoms with Crippen LogP contribution in [0.25, 0.3) is 0 Å². The number of nitrogens with one attached hydrogen (secondary N) is 1. The molecule has 0 aliphatic heterocycles. The predicted octanol–water partition coefficient (Wildman–Crippen LogP) is 3.17. The maximum atomic E-state index is 5.43. The summed E-state index contributed by atoms with van der Waals surface area (Å²) in [4.78, 5) is 2.32. The maximum Gasteiger partial charge on any atom is 0.169 e. The minimum absolute atomic E-state index is 0.438. The molecule has 0 aromatic rings. The van der Waals surface area contributed by atoms with Gasteiger partial charge in [-0.05, 0) is 51.7 Å². The molecular weight excluding hydrogens is 216 g/mol. The number of thiocarbonyl (C=S) groups is 1. The fraction of sp³-hybridized carbons (Fsp3) is 0.923. The topological polar surface area (TPSA) is 15.3 Å². The Morgan fingerprint density at radius 2 is 1.94 bits per heavy atom. The van der Waals surface area contributed by atoms with Crippen molar-refractivity contribution in [3.8, 4) is 0 Å². The molecule has 1 aliphatic carbocycles. The molecule has 1 saturated carbocycles. The lowest BCUT2D eigenvalue weighted by Crippen LogP contribution is -2.44. The van der Waals surface area contributed by atoms with Gasteiger partial charge in [0.15, 0.2) is 5.11 Å². The van der Waals surface area contributed by atoms with Gasteiger partial charge in [-0.15, -0.1) is 0 Å². The number of nitrogens with zero attached hydrogens (tertiary/aromatic N) is 1. The summed E-state index contributed by atoms with van der Waals surface area (Å²) in [5.74, 6) is 0.862. The molecule has 94 valence electrons. The summed E-state index contributed by atoms with van der Waals surface area (Å²) in [7, 11) is 0. The Kier molecular flexibility index (Phi) is 6.10. The molecule has 0 amide bonds. The lowest BCUT2D eigenvalue weighted by atomic mass is 9.89. The van der Waals surface area contributed by atoms with Crippen molar-refractivity contribution in [2.24, 2.45) is 5.92 Å². The summed E-state index contributed by atoms with van der Waals surface area (Å²) in [6, 6.07) is 0.438. The van der Waals surface area contributed by atoms with E-state index in [2.05, 4.69) is 31.0 Å². The van der Waals surface area contributed by atoms with Crippen LogP contribution in [0.15, 0.2) is 0 Å². The van der Waals surface area contributed by atoms with Crippen molar-refractivity contribution in [2.45, 2.75) is 58.9 Å². The lowest BCUT2D eigenvalue weighted by molar-refractivity contribution is 0.277. The van der Waals surface area contributed by atoms with E-state index in [4.69, 9.17) is 12.2 Å². The Morgan fingerprint density at radius 3 is 2.44 bits per heavy atom. The minimum Gasteiger partial charge on any atom is -0.360 e. The molecule has 2 nitrogen and oxygen atoms in total. The SMILES string of the molecule is CCN(CC1CCCCC1)C(=S)NC(C)C.